The van der Waals surface area contributed by atoms with Crippen molar-refractivity contribution in [2.24, 2.45) is 0 Å². The van der Waals surface area contributed by atoms with Crippen LogP contribution >= 0.6 is 0 Å². The van der Waals surface area contributed by atoms with Gasteiger partial charge in [-0.15, -0.1) is 0 Å². The number of carbonyl (C=O) groups excluding carboxylic acids is 3. The monoisotopic (exact) mass is 421 g/mol. The molecule has 0 saturated carbocycles. The van der Waals surface area contributed by atoms with Crippen molar-refractivity contribution in [1.82, 2.24) is 10.2 Å². The Balaban J connectivity index is 1.92. The van der Waals surface area contributed by atoms with Crippen molar-refractivity contribution in [3.63, 3.8) is 0 Å². The number of rotatable bonds is 10. The number of aryl methyl sites for hydroxylation is 1. The molecular weight excluding hydrogens is 390 g/mol. The Hall–Kier alpha value is -3.15. The molecule has 1 heterocycles. The minimum absolute atomic E-state index is 0.113. The van der Waals surface area contributed by atoms with Crippen molar-refractivity contribution in [1.29, 1.82) is 0 Å². The molecule has 0 fully saturated rings. The fraction of sp³-hybridized carbons (Fsp3) is 0.400. The molecule has 1 aliphatic heterocycles. The summed E-state index contributed by atoms with van der Waals surface area (Å²) in [5, 5.41) is 7.77. The van der Waals surface area contributed by atoms with Crippen LogP contribution in [-0.4, -0.2) is 41.8 Å². The van der Waals surface area contributed by atoms with Gasteiger partial charge >= 0.3 is 0 Å². The molecule has 164 valence electrons. The lowest BCUT2D eigenvalue weighted by atomic mass is 9.90. The van der Waals surface area contributed by atoms with Gasteiger partial charge in [-0.2, -0.15) is 0 Å². The van der Waals surface area contributed by atoms with Gasteiger partial charge in [0, 0.05) is 46.7 Å². The number of nitrogens with zero attached hydrogens (tertiary/aromatic N) is 1. The molecule has 3 amide bonds. The van der Waals surface area contributed by atoms with E-state index >= 15 is 0 Å². The predicted molar refractivity (Wildman–Crippen MR) is 124 cm³/mol. The molecule has 1 aliphatic rings. The second-order valence-electron chi connectivity index (χ2n) is 8.16. The summed E-state index contributed by atoms with van der Waals surface area (Å²) in [4.78, 5) is 39.2. The standard InChI is InChI=1S/C25H31N3O3/c1-5-7-8-9-13-28-24(30)19-12-10-11-18-22(19)20(25(28)31)14-16(3)23(18)26-15-17(4)27-21(29)6-2/h6,10-12,14,17,26H,2,5,7-9,13,15H2,1,3-4H3,(H,27,29). The molecule has 6 heteroatoms. The lowest BCUT2D eigenvalue weighted by molar-refractivity contribution is -0.116. The highest BCUT2D eigenvalue weighted by Gasteiger charge is 2.33. The average Bonchev–Trinajstić information content (AvgIpc) is 2.75. The summed E-state index contributed by atoms with van der Waals surface area (Å²) in [6, 6.07) is 7.35. The molecule has 0 aromatic heterocycles. The summed E-state index contributed by atoms with van der Waals surface area (Å²) >= 11 is 0. The number of hydrogen-bond acceptors (Lipinski definition) is 4. The lowest BCUT2D eigenvalue weighted by Gasteiger charge is -2.29. The molecule has 0 spiro atoms. The van der Waals surface area contributed by atoms with E-state index in [2.05, 4.69) is 24.1 Å². The first-order chi connectivity index (χ1) is 14.9. The van der Waals surface area contributed by atoms with Gasteiger partial charge in [-0.05, 0) is 44.0 Å². The van der Waals surface area contributed by atoms with Crippen LogP contribution in [0.3, 0.4) is 0 Å². The molecule has 31 heavy (non-hydrogen) atoms. The zero-order chi connectivity index (χ0) is 22.5. The van der Waals surface area contributed by atoms with Crippen LogP contribution in [0.2, 0.25) is 0 Å². The number of carbonyl (C=O) groups is 3. The molecule has 0 radical (unpaired) electrons. The number of hydrogen-bond donors (Lipinski definition) is 2. The van der Waals surface area contributed by atoms with Gasteiger partial charge in [0.05, 0.1) is 0 Å². The number of unbranched alkanes of at least 4 members (excludes halogenated alkanes) is 3. The van der Waals surface area contributed by atoms with Gasteiger partial charge < -0.3 is 10.6 Å². The van der Waals surface area contributed by atoms with Crippen molar-refractivity contribution in [2.45, 2.75) is 52.5 Å². The maximum absolute atomic E-state index is 13.2. The van der Waals surface area contributed by atoms with Gasteiger partial charge in [0.25, 0.3) is 11.8 Å². The normalized spacial score (nSPS) is 14.0. The third kappa shape index (κ3) is 4.63. The molecule has 6 nitrogen and oxygen atoms in total. The van der Waals surface area contributed by atoms with Crippen molar-refractivity contribution >= 4 is 34.2 Å². The third-order valence-electron chi connectivity index (χ3n) is 5.70. The second-order valence-corrected chi connectivity index (χ2v) is 8.16. The van der Waals surface area contributed by atoms with E-state index in [4.69, 9.17) is 0 Å². The number of benzene rings is 2. The fourth-order valence-corrected chi connectivity index (χ4v) is 4.10. The molecule has 0 bridgehead atoms. The number of amides is 3. The molecule has 2 N–H and O–H groups in total. The van der Waals surface area contributed by atoms with E-state index in [9.17, 15) is 14.4 Å². The van der Waals surface area contributed by atoms with E-state index in [1.165, 1.54) is 11.0 Å². The second kappa shape index (κ2) is 9.77. The van der Waals surface area contributed by atoms with Crippen molar-refractivity contribution in [2.75, 3.05) is 18.4 Å². The summed E-state index contributed by atoms with van der Waals surface area (Å²) in [7, 11) is 0. The highest BCUT2D eigenvalue weighted by atomic mass is 16.2. The zero-order valence-corrected chi connectivity index (χ0v) is 18.6. The molecule has 0 aliphatic carbocycles. The van der Waals surface area contributed by atoms with Crippen LogP contribution in [0.1, 0.15) is 65.8 Å². The fourth-order valence-electron chi connectivity index (χ4n) is 4.10. The Morgan fingerprint density at radius 1 is 1.16 bits per heavy atom. The summed E-state index contributed by atoms with van der Waals surface area (Å²) in [6.07, 6.45) is 5.28. The van der Waals surface area contributed by atoms with Crippen LogP contribution in [0.15, 0.2) is 36.9 Å². The van der Waals surface area contributed by atoms with Crippen LogP contribution in [0.25, 0.3) is 10.8 Å². The Morgan fingerprint density at radius 2 is 1.90 bits per heavy atom. The summed E-state index contributed by atoms with van der Waals surface area (Å²) < 4.78 is 0. The Kier molecular flexibility index (Phi) is 7.10. The average molecular weight is 422 g/mol. The molecule has 1 atom stereocenters. The molecule has 0 saturated heterocycles. The first-order valence-electron chi connectivity index (χ1n) is 11.0. The molecule has 3 rings (SSSR count). The van der Waals surface area contributed by atoms with E-state index in [1.807, 2.05) is 32.0 Å². The van der Waals surface area contributed by atoms with Crippen LogP contribution in [0, 0.1) is 6.92 Å². The maximum Gasteiger partial charge on any atom is 0.261 e. The van der Waals surface area contributed by atoms with Crippen LogP contribution < -0.4 is 10.6 Å². The van der Waals surface area contributed by atoms with Crippen LogP contribution in [-0.2, 0) is 4.79 Å². The minimum atomic E-state index is -0.224. The summed E-state index contributed by atoms with van der Waals surface area (Å²) in [5.74, 6) is -0.661. The van der Waals surface area contributed by atoms with E-state index in [0.717, 1.165) is 42.3 Å². The Morgan fingerprint density at radius 3 is 2.61 bits per heavy atom. The third-order valence-corrected chi connectivity index (χ3v) is 5.70. The molecule has 2 aromatic carbocycles. The predicted octanol–water partition coefficient (Wildman–Crippen LogP) is 4.43. The van der Waals surface area contributed by atoms with E-state index in [-0.39, 0.29) is 23.8 Å². The zero-order valence-electron chi connectivity index (χ0n) is 18.6. The van der Waals surface area contributed by atoms with Gasteiger partial charge in [0.2, 0.25) is 5.91 Å². The van der Waals surface area contributed by atoms with E-state index < -0.39 is 0 Å². The summed E-state index contributed by atoms with van der Waals surface area (Å²) in [6.45, 7) is 10.4. The topological polar surface area (TPSA) is 78.5 Å². The van der Waals surface area contributed by atoms with E-state index in [1.54, 1.807) is 6.07 Å². The van der Waals surface area contributed by atoms with Gasteiger partial charge in [-0.3, -0.25) is 19.3 Å². The van der Waals surface area contributed by atoms with Crippen LogP contribution in [0.4, 0.5) is 5.69 Å². The minimum Gasteiger partial charge on any atom is -0.382 e. The first kappa shape index (κ1) is 22.5. The van der Waals surface area contributed by atoms with Gasteiger partial charge in [0.1, 0.15) is 0 Å². The van der Waals surface area contributed by atoms with Crippen molar-refractivity contribution in [3.8, 4) is 0 Å². The first-order valence-corrected chi connectivity index (χ1v) is 11.0. The molecule has 2 aromatic rings. The van der Waals surface area contributed by atoms with Gasteiger partial charge in [-0.25, -0.2) is 0 Å². The lowest BCUT2D eigenvalue weighted by Crippen LogP contribution is -2.41. The largest absolute Gasteiger partial charge is 0.382 e. The molecule has 1 unspecified atom stereocenters. The smallest absolute Gasteiger partial charge is 0.261 e. The van der Waals surface area contributed by atoms with Gasteiger partial charge in [0.15, 0.2) is 0 Å². The van der Waals surface area contributed by atoms with Gasteiger partial charge in [-0.1, -0.05) is 44.9 Å². The Bertz CT molecular complexity index is 1030. The van der Waals surface area contributed by atoms with Crippen molar-refractivity contribution < 1.29 is 14.4 Å². The number of nitrogens with one attached hydrogen (secondary N) is 2. The highest BCUT2D eigenvalue weighted by Crippen LogP contribution is 2.36. The molecular formula is C25H31N3O3. The SMILES string of the molecule is C=CC(=O)NC(C)CNc1c(C)cc2c3c(cccc13)C(=O)N(CCCCCC)C2=O. The Labute approximate surface area is 183 Å². The summed E-state index contributed by atoms with van der Waals surface area (Å²) in [5.41, 5.74) is 2.95. The number of imide groups is 1. The maximum atomic E-state index is 13.2. The van der Waals surface area contributed by atoms with Crippen molar-refractivity contribution in [3.05, 3.63) is 53.6 Å². The highest BCUT2D eigenvalue weighted by molar-refractivity contribution is 6.27. The van der Waals surface area contributed by atoms with E-state index in [0.29, 0.717) is 29.6 Å². The van der Waals surface area contributed by atoms with Crippen LogP contribution in [0.5, 0.6) is 0 Å². The quantitative estimate of drug-likeness (QED) is 0.338. The number of anilines is 1.